The van der Waals surface area contributed by atoms with Crippen LogP contribution in [0.25, 0.3) is 11.0 Å². The minimum absolute atomic E-state index is 0.0145. The van der Waals surface area contributed by atoms with Crippen LogP contribution in [0.15, 0.2) is 64.3 Å². The van der Waals surface area contributed by atoms with E-state index in [0.717, 1.165) is 0 Å². The van der Waals surface area contributed by atoms with E-state index >= 15 is 0 Å². The first-order valence-corrected chi connectivity index (χ1v) is 11.9. The Bertz CT molecular complexity index is 1350. The summed E-state index contributed by atoms with van der Waals surface area (Å²) in [7, 11) is 0. The predicted molar refractivity (Wildman–Crippen MR) is 133 cm³/mol. The van der Waals surface area contributed by atoms with E-state index in [9.17, 15) is 9.59 Å². The molecule has 1 amide bonds. The van der Waals surface area contributed by atoms with Crippen LogP contribution in [-0.2, 0) is 0 Å². The van der Waals surface area contributed by atoms with E-state index in [0.29, 0.717) is 34.0 Å². The van der Waals surface area contributed by atoms with Gasteiger partial charge in [0.15, 0.2) is 16.6 Å². The van der Waals surface area contributed by atoms with Gasteiger partial charge in [-0.25, -0.2) is 9.97 Å². The highest BCUT2D eigenvalue weighted by atomic mass is 35.5. The number of fused-ring (bicyclic) bond motifs is 1. The van der Waals surface area contributed by atoms with Gasteiger partial charge in [0, 0.05) is 16.2 Å². The molecule has 34 heavy (non-hydrogen) atoms. The summed E-state index contributed by atoms with van der Waals surface area (Å²) in [5.74, 6) is -0.268. The van der Waals surface area contributed by atoms with Crippen LogP contribution in [0.3, 0.4) is 0 Å². The van der Waals surface area contributed by atoms with Gasteiger partial charge in [-0.15, -0.1) is 0 Å². The molecule has 174 valence electrons. The maximum absolute atomic E-state index is 13.3. The average molecular weight is 496 g/mol. The second-order valence-electron chi connectivity index (χ2n) is 7.56. The zero-order valence-electron chi connectivity index (χ0n) is 18.8. The molecular formula is C25H22ClN3O4S. The number of hydrogen-bond donors (Lipinski definition) is 1. The number of ether oxygens (including phenoxy) is 1. The van der Waals surface area contributed by atoms with Gasteiger partial charge < -0.3 is 14.5 Å². The zero-order valence-corrected chi connectivity index (χ0v) is 20.4. The number of para-hydroxylation sites is 1. The number of furan rings is 1. The fourth-order valence-corrected chi connectivity index (χ4v) is 4.14. The lowest BCUT2D eigenvalue weighted by molar-refractivity contribution is 0.101. The average Bonchev–Trinajstić information content (AvgIpc) is 3.18. The van der Waals surface area contributed by atoms with Crippen LogP contribution < -0.4 is 10.1 Å². The maximum atomic E-state index is 13.3. The molecule has 2 aromatic heterocycles. The van der Waals surface area contributed by atoms with Gasteiger partial charge in [-0.05, 0) is 43.3 Å². The Hall–Kier alpha value is -3.36. The van der Waals surface area contributed by atoms with Gasteiger partial charge >= 0.3 is 0 Å². The number of hydrogen-bond acceptors (Lipinski definition) is 7. The number of ketones is 1. The van der Waals surface area contributed by atoms with Gasteiger partial charge in [-0.2, -0.15) is 0 Å². The van der Waals surface area contributed by atoms with Crippen molar-refractivity contribution < 1.29 is 18.7 Å². The smallest absolute Gasteiger partial charge is 0.276 e. The van der Waals surface area contributed by atoms with Crippen LogP contribution in [0.2, 0.25) is 5.02 Å². The van der Waals surface area contributed by atoms with Gasteiger partial charge in [0.05, 0.1) is 23.5 Å². The summed E-state index contributed by atoms with van der Waals surface area (Å²) < 4.78 is 11.3. The summed E-state index contributed by atoms with van der Waals surface area (Å²) in [6, 6.07) is 13.8. The Morgan fingerprint density at radius 3 is 2.59 bits per heavy atom. The molecule has 2 aromatic carbocycles. The molecule has 0 fully saturated rings. The molecule has 7 nitrogen and oxygen atoms in total. The number of nitrogens with zero attached hydrogens (tertiary/aromatic N) is 2. The molecule has 0 atom stereocenters. The second kappa shape index (κ2) is 10.3. The lowest BCUT2D eigenvalue weighted by Crippen LogP contribution is -2.17. The summed E-state index contributed by atoms with van der Waals surface area (Å²) >= 11 is 7.64. The van der Waals surface area contributed by atoms with Crippen molar-refractivity contribution in [1.82, 2.24) is 9.97 Å². The Morgan fingerprint density at radius 1 is 1.15 bits per heavy atom. The van der Waals surface area contributed by atoms with E-state index in [1.165, 1.54) is 18.0 Å². The normalized spacial score (nSPS) is 11.1. The number of nitrogens with one attached hydrogen (secondary N) is 1. The van der Waals surface area contributed by atoms with Gasteiger partial charge in [0.2, 0.25) is 5.78 Å². The molecular weight excluding hydrogens is 474 g/mol. The van der Waals surface area contributed by atoms with E-state index in [1.807, 2.05) is 20.8 Å². The first-order chi connectivity index (χ1) is 16.4. The number of carbonyl (C=O) groups excluding carboxylic acids is 2. The SMILES string of the molecule is CCOc1ccc(C(=O)c2oc3ccccc3c2NC(=O)c2nc(SC(C)C)ncc2Cl)cc1. The van der Waals surface area contributed by atoms with Crippen molar-refractivity contribution in [3.8, 4) is 5.75 Å². The number of aromatic nitrogens is 2. The van der Waals surface area contributed by atoms with E-state index in [1.54, 1.807) is 48.5 Å². The Morgan fingerprint density at radius 2 is 1.88 bits per heavy atom. The van der Waals surface area contributed by atoms with E-state index in [4.69, 9.17) is 20.8 Å². The molecule has 4 rings (SSSR count). The molecule has 0 radical (unpaired) electrons. The highest BCUT2D eigenvalue weighted by Crippen LogP contribution is 2.33. The molecule has 0 bridgehead atoms. The van der Waals surface area contributed by atoms with Crippen molar-refractivity contribution in [3.63, 3.8) is 0 Å². The number of rotatable bonds is 8. The Kier molecular flexibility index (Phi) is 7.19. The number of halogens is 1. The Balaban J connectivity index is 1.71. The van der Waals surface area contributed by atoms with Crippen LogP contribution >= 0.6 is 23.4 Å². The summed E-state index contributed by atoms with van der Waals surface area (Å²) in [6.45, 7) is 6.41. The topological polar surface area (TPSA) is 94.3 Å². The summed E-state index contributed by atoms with van der Waals surface area (Å²) in [5, 5.41) is 4.16. The Labute approximate surface area is 205 Å². The maximum Gasteiger partial charge on any atom is 0.276 e. The highest BCUT2D eigenvalue weighted by Gasteiger charge is 2.25. The van der Waals surface area contributed by atoms with Crippen molar-refractivity contribution in [3.05, 3.63) is 76.8 Å². The van der Waals surface area contributed by atoms with Crippen LogP contribution in [-0.4, -0.2) is 33.5 Å². The molecule has 4 aromatic rings. The van der Waals surface area contributed by atoms with Crippen LogP contribution in [0.4, 0.5) is 5.69 Å². The lowest BCUT2D eigenvalue weighted by Gasteiger charge is -2.09. The largest absolute Gasteiger partial charge is 0.494 e. The fraction of sp³-hybridized carbons (Fsp3) is 0.200. The number of amides is 1. The monoisotopic (exact) mass is 495 g/mol. The molecule has 0 saturated carbocycles. The third-order valence-electron chi connectivity index (χ3n) is 4.75. The standard InChI is InChI=1S/C25H22ClN3O4S/c1-4-32-16-11-9-15(10-12-16)22(30)23-20(17-7-5-6-8-19(17)33-23)28-24(31)21-18(26)13-27-25(29-21)34-14(2)3/h5-14H,4H2,1-3H3,(H,28,31). The third-order valence-corrected chi connectivity index (χ3v) is 5.90. The lowest BCUT2D eigenvalue weighted by atomic mass is 10.1. The molecule has 0 spiro atoms. The first kappa shape index (κ1) is 23.8. The van der Waals surface area contributed by atoms with Crippen molar-refractivity contribution in [2.45, 2.75) is 31.2 Å². The summed E-state index contributed by atoms with van der Waals surface area (Å²) in [4.78, 5) is 35.0. The quantitative estimate of drug-likeness (QED) is 0.175. The molecule has 2 heterocycles. The van der Waals surface area contributed by atoms with Crippen LogP contribution in [0.5, 0.6) is 5.75 Å². The minimum atomic E-state index is -0.565. The molecule has 1 N–H and O–H groups in total. The summed E-state index contributed by atoms with van der Waals surface area (Å²) in [6.07, 6.45) is 1.40. The molecule has 9 heteroatoms. The van der Waals surface area contributed by atoms with Crippen molar-refractivity contribution in [2.75, 3.05) is 11.9 Å². The molecule has 0 aliphatic carbocycles. The van der Waals surface area contributed by atoms with Crippen LogP contribution in [0, 0.1) is 0 Å². The van der Waals surface area contributed by atoms with E-state index < -0.39 is 5.91 Å². The van der Waals surface area contributed by atoms with Crippen LogP contribution in [0.1, 0.15) is 47.4 Å². The fourth-order valence-electron chi connectivity index (χ4n) is 3.28. The summed E-state index contributed by atoms with van der Waals surface area (Å²) in [5.41, 5.74) is 1.14. The number of thioether (sulfide) groups is 1. The third kappa shape index (κ3) is 5.08. The van der Waals surface area contributed by atoms with Gasteiger partial charge in [0.25, 0.3) is 5.91 Å². The number of carbonyl (C=O) groups is 2. The van der Waals surface area contributed by atoms with E-state index in [2.05, 4.69) is 15.3 Å². The first-order valence-electron chi connectivity index (χ1n) is 10.7. The van der Waals surface area contributed by atoms with Gasteiger partial charge in [0.1, 0.15) is 11.3 Å². The number of anilines is 1. The van der Waals surface area contributed by atoms with Gasteiger partial charge in [-0.1, -0.05) is 49.3 Å². The molecule has 0 unspecified atom stereocenters. The van der Waals surface area contributed by atoms with Crippen molar-refractivity contribution >= 4 is 51.7 Å². The second-order valence-corrected chi connectivity index (χ2v) is 9.51. The number of benzene rings is 2. The molecule has 0 aliphatic rings. The molecule has 0 saturated heterocycles. The zero-order chi connectivity index (χ0) is 24.2. The van der Waals surface area contributed by atoms with Gasteiger partial charge in [-0.3, -0.25) is 9.59 Å². The van der Waals surface area contributed by atoms with E-state index in [-0.39, 0.29) is 33.2 Å². The highest BCUT2D eigenvalue weighted by molar-refractivity contribution is 7.99. The van der Waals surface area contributed by atoms with Crippen molar-refractivity contribution in [2.24, 2.45) is 0 Å². The predicted octanol–water partition coefficient (Wildman–Crippen LogP) is 6.26. The minimum Gasteiger partial charge on any atom is -0.494 e. The van der Waals surface area contributed by atoms with Crippen molar-refractivity contribution in [1.29, 1.82) is 0 Å². The molecule has 0 aliphatic heterocycles.